The minimum atomic E-state index is -0.873. The van der Waals surface area contributed by atoms with Crippen LogP contribution >= 0.6 is 0 Å². The Kier molecular flexibility index (Phi) is 3.25. The van der Waals surface area contributed by atoms with Gasteiger partial charge in [0.15, 0.2) is 0 Å². The minimum absolute atomic E-state index is 0.0296. The molecule has 0 aromatic heterocycles. The quantitative estimate of drug-likeness (QED) is 0.749. The molecule has 2 saturated heterocycles. The highest BCUT2D eigenvalue weighted by Crippen LogP contribution is 2.40. The Balaban J connectivity index is 2.20. The highest BCUT2D eigenvalue weighted by Gasteiger charge is 2.56. The maximum atomic E-state index is 6.02. The number of methoxy groups -OCH3 is 2. The van der Waals surface area contributed by atoms with E-state index in [9.17, 15) is 0 Å². The van der Waals surface area contributed by atoms with Crippen LogP contribution in [-0.2, 0) is 18.9 Å². The van der Waals surface area contributed by atoms with Crippen molar-refractivity contribution in [2.75, 3.05) is 27.3 Å². The molecule has 2 rings (SSSR count). The first kappa shape index (κ1) is 12.3. The molecular formula is C11H21NO4. The lowest BCUT2D eigenvalue weighted by atomic mass is 9.99. The van der Waals surface area contributed by atoms with Crippen LogP contribution in [-0.4, -0.2) is 51.1 Å². The molecule has 5 nitrogen and oxygen atoms in total. The van der Waals surface area contributed by atoms with E-state index in [-0.39, 0.29) is 12.2 Å². The van der Waals surface area contributed by atoms with Gasteiger partial charge in [-0.3, -0.25) is 0 Å². The predicted octanol–water partition coefficient (Wildman–Crippen LogP) is 0.489. The average Bonchev–Trinajstić information content (AvgIpc) is 2.30. The molecule has 16 heavy (non-hydrogen) atoms. The third-order valence-electron chi connectivity index (χ3n) is 3.72. The topological polar surface area (TPSA) is 49.0 Å². The van der Waals surface area contributed by atoms with Gasteiger partial charge in [-0.05, 0) is 26.8 Å². The van der Waals surface area contributed by atoms with Crippen molar-refractivity contribution in [1.82, 2.24) is 5.32 Å². The molecule has 0 aliphatic carbocycles. The van der Waals surface area contributed by atoms with Crippen LogP contribution in [0.1, 0.15) is 20.3 Å². The summed E-state index contributed by atoms with van der Waals surface area (Å²) in [7, 11) is 3.22. The SMILES string of the molecule is COC1(C)OC2CCNCC2OC1(C)OC. The Bertz CT molecular complexity index is 236. The summed E-state index contributed by atoms with van der Waals surface area (Å²) in [4.78, 5) is 0. The summed E-state index contributed by atoms with van der Waals surface area (Å²) in [5.41, 5.74) is 0. The Morgan fingerprint density at radius 1 is 1.06 bits per heavy atom. The van der Waals surface area contributed by atoms with Crippen molar-refractivity contribution < 1.29 is 18.9 Å². The van der Waals surface area contributed by atoms with E-state index in [1.165, 1.54) is 0 Å². The van der Waals surface area contributed by atoms with Crippen molar-refractivity contribution in [1.29, 1.82) is 0 Å². The minimum Gasteiger partial charge on any atom is -0.349 e. The van der Waals surface area contributed by atoms with Gasteiger partial charge in [-0.1, -0.05) is 0 Å². The molecule has 2 aliphatic rings. The van der Waals surface area contributed by atoms with Gasteiger partial charge < -0.3 is 24.3 Å². The Hall–Kier alpha value is -0.200. The van der Waals surface area contributed by atoms with Gasteiger partial charge in [-0.15, -0.1) is 0 Å². The first-order valence-corrected chi connectivity index (χ1v) is 5.71. The van der Waals surface area contributed by atoms with E-state index in [1.807, 2.05) is 13.8 Å². The third-order valence-corrected chi connectivity index (χ3v) is 3.72. The molecule has 0 amide bonds. The fourth-order valence-corrected chi connectivity index (χ4v) is 2.32. The van der Waals surface area contributed by atoms with Crippen LogP contribution in [0.3, 0.4) is 0 Å². The second-order valence-electron chi connectivity index (χ2n) is 4.61. The molecule has 0 saturated carbocycles. The van der Waals surface area contributed by atoms with Crippen LogP contribution in [0.5, 0.6) is 0 Å². The van der Waals surface area contributed by atoms with Crippen molar-refractivity contribution in [3.05, 3.63) is 0 Å². The predicted molar refractivity (Wildman–Crippen MR) is 58.1 cm³/mol. The van der Waals surface area contributed by atoms with Gasteiger partial charge in [0.25, 0.3) is 0 Å². The summed E-state index contributed by atoms with van der Waals surface area (Å²) >= 11 is 0. The summed E-state index contributed by atoms with van der Waals surface area (Å²) in [6.45, 7) is 5.45. The Morgan fingerprint density at radius 2 is 1.62 bits per heavy atom. The monoisotopic (exact) mass is 231 g/mol. The van der Waals surface area contributed by atoms with Crippen molar-refractivity contribution in [2.24, 2.45) is 0 Å². The summed E-state index contributed by atoms with van der Waals surface area (Å²) in [5.74, 6) is -1.73. The van der Waals surface area contributed by atoms with Gasteiger partial charge in [0, 0.05) is 20.8 Å². The normalized spacial score (nSPS) is 48.8. The van der Waals surface area contributed by atoms with Gasteiger partial charge in [0.2, 0.25) is 11.6 Å². The van der Waals surface area contributed by atoms with E-state index in [0.717, 1.165) is 19.5 Å². The highest BCUT2D eigenvalue weighted by atomic mass is 16.8. The van der Waals surface area contributed by atoms with Crippen LogP contribution in [0.15, 0.2) is 0 Å². The lowest BCUT2D eigenvalue weighted by Gasteiger charge is -2.53. The Morgan fingerprint density at radius 3 is 2.19 bits per heavy atom. The van der Waals surface area contributed by atoms with Gasteiger partial charge in [-0.2, -0.15) is 0 Å². The van der Waals surface area contributed by atoms with Crippen LogP contribution in [0, 0.1) is 0 Å². The van der Waals surface area contributed by atoms with Gasteiger partial charge in [0.1, 0.15) is 0 Å². The molecule has 94 valence electrons. The van der Waals surface area contributed by atoms with Crippen molar-refractivity contribution in [2.45, 2.75) is 44.1 Å². The lowest BCUT2D eigenvalue weighted by Crippen LogP contribution is -2.67. The van der Waals surface area contributed by atoms with Gasteiger partial charge >= 0.3 is 0 Å². The van der Waals surface area contributed by atoms with E-state index in [0.29, 0.717) is 0 Å². The first-order valence-electron chi connectivity index (χ1n) is 5.71. The average molecular weight is 231 g/mol. The maximum absolute atomic E-state index is 6.02. The van der Waals surface area contributed by atoms with Crippen LogP contribution < -0.4 is 5.32 Å². The van der Waals surface area contributed by atoms with Crippen LogP contribution in [0.4, 0.5) is 0 Å². The smallest absolute Gasteiger partial charge is 0.220 e. The molecule has 2 fully saturated rings. The number of piperidine rings is 1. The number of nitrogens with one attached hydrogen (secondary N) is 1. The number of ether oxygens (including phenoxy) is 4. The van der Waals surface area contributed by atoms with E-state index >= 15 is 0 Å². The zero-order valence-electron chi connectivity index (χ0n) is 10.4. The molecule has 2 heterocycles. The summed E-state index contributed by atoms with van der Waals surface area (Å²) in [5, 5.41) is 3.29. The third kappa shape index (κ3) is 1.76. The van der Waals surface area contributed by atoms with E-state index in [1.54, 1.807) is 14.2 Å². The van der Waals surface area contributed by atoms with E-state index in [2.05, 4.69) is 5.32 Å². The molecule has 2 aliphatic heterocycles. The first-order chi connectivity index (χ1) is 7.54. The molecule has 0 spiro atoms. The molecular weight excluding hydrogens is 210 g/mol. The van der Waals surface area contributed by atoms with E-state index in [4.69, 9.17) is 18.9 Å². The molecule has 4 unspecified atom stereocenters. The number of hydrogen-bond acceptors (Lipinski definition) is 5. The molecule has 4 atom stereocenters. The standard InChI is InChI=1S/C11H21NO4/c1-10(13-3)11(2,14-4)16-9-7-12-6-5-8(9)15-10/h8-9,12H,5-7H2,1-4H3. The number of rotatable bonds is 2. The molecule has 0 radical (unpaired) electrons. The van der Waals surface area contributed by atoms with Crippen molar-refractivity contribution >= 4 is 0 Å². The summed E-state index contributed by atoms with van der Waals surface area (Å²) in [6.07, 6.45) is 1.04. The van der Waals surface area contributed by atoms with Gasteiger partial charge in [0.05, 0.1) is 12.2 Å². The zero-order valence-corrected chi connectivity index (χ0v) is 10.4. The maximum Gasteiger partial charge on any atom is 0.220 e. The van der Waals surface area contributed by atoms with Crippen molar-refractivity contribution in [3.63, 3.8) is 0 Å². The van der Waals surface area contributed by atoms with Crippen molar-refractivity contribution in [3.8, 4) is 0 Å². The highest BCUT2D eigenvalue weighted by molar-refractivity contribution is 4.93. The van der Waals surface area contributed by atoms with E-state index < -0.39 is 11.6 Å². The second-order valence-corrected chi connectivity index (χ2v) is 4.61. The van der Waals surface area contributed by atoms with Crippen LogP contribution in [0.2, 0.25) is 0 Å². The molecule has 0 bridgehead atoms. The Labute approximate surface area is 96.4 Å². The lowest BCUT2D eigenvalue weighted by molar-refractivity contribution is -0.449. The molecule has 0 aromatic rings. The molecule has 0 aromatic carbocycles. The number of fused-ring (bicyclic) bond motifs is 1. The fraction of sp³-hybridized carbons (Fsp3) is 1.00. The number of hydrogen-bond donors (Lipinski definition) is 1. The van der Waals surface area contributed by atoms with Crippen LogP contribution in [0.25, 0.3) is 0 Å². The fourth-order valence-electron chi connectivity index (χ4n) is 2.32. The molecule has 1 N–H and O–H groups in total. The van der Waals surface area contributed by atoms with Gasteiger partial charge in [-0.25, -0.2) is 0 Å². The summed E-state index contributed by atoms with van der Waals surface area (Å²) in [6, 6.07) is 0. The second kappa shape index (κ2) is 4.23. The molecule has 5 heteroatoms. The summed E-state index contributed by atoms with van der Waals surface area (Å²) < 4.78 is 22.9. The largest absolute Gasteiger partial charge is 0.349 e. The zero-order chi connectivity index (χ0) is 11.8.